The maximum atomic E-state index is 15.6. The number of hydrogen-bond acceptors (Lipinski definition) is 12. The van der Waals surface area contributed by atoms with Crippen LogP contribution in [0, 0.1) is 5.82 Å². The molecule has 2 aromatic heterocycles. The number of halogens is 2. The molecule has 0 bridgehead atoms. The van der Waals surface area contributed by atoms with Gasteiger partial charge in [-0.2, -0.15) is 4.98 Å². The number of fused-ring (bicyclic) bond motifs is 2. The van der Waals surface area contributed by atoms with Gasteiger partial charge in [0.2, 0.25) is 11.2 Å². The van der Waals surface area contributed by atoms with Gasteiger partial charge >= 0.3 is 5.97 Å². The third-order valence-electron chi connectivity index (χ3n) is 10.5. The largest absolute Gasteiger partial charge is 0.493 e. The Morgan fingerprint density at radius 1 is 1.00 bits per heavy atom. The number of anilines is 3. The predicted molar refractivity (Wildman–Crippen MR) is 215 cm³/mol. The molecule has 1 saturated carbocycles. The average Bonchev–Trinajstić information content (AvgIpc) is 4.02. The van der Waals surface area contributed by atoms with Crippen molar-refractivity contribution in [1.82, 2.24) is 19.4 Å². The molecule has 0 unspecified atom stereocenters. The summed E-state index contributed by atoms with van der Waals surface area (Å²) in [5.74, 6) is -0.528. The Hall–Kier alpha value is -6.07. The van der Waals surface area contributed by atoms with E-state index in [9.17, 15) is 19.5 Å². The van der Waals surface area contributed by atoms with Gasteiger partial charge in [-0.05, 0) is 60.9 Å². The van der Waals surface area contributed by atoms with Gasteiger partial charge in [-0.3, -0.25) is 19.4 Å². The molecule has 2 aliphatic heterocycles. The molecular formula is C40H38BrFN8O7. The third-order valence-corrected chi connectivity index (χ3v) is 11.0. The summed E-state index contributed by atoms with van der Waals surface area (Å²) in [6.45, 7) is 2.19. The second-order valence-corrected chi connectivity index (χ2v) is 14.9. The highest BCUT2D eigenvalue weighted by molar-refractivity contribution is 9.10. The first-order valence-corrected chi connectivity index (χ1v) is 19.0. The molecule has 3 aromatic carbocycles. The van der Waals surface area contributed by atoms with Crippen molar-refractivity contribution in [3.05, 3.63) is 97.6 Å². The van der Waals surface area contributed by atoms with E-state index in [-0.39, 0.29) is 47.0 Å². The molecule has 2 fully saturated rings. The Kier molecular flexibility index (Phi) is 10.0. The number of aliphatic imine (C=N–C) groups is 1. The summed E-state index contributed by atoms with van der Waals surface area (Å²) >= 11 is 3.52. The van der Waals surface area contributed by atoms with Crippen molar-refractivity contribution in [3.63, 3.8) is 0 Å². The number of pyridine rings is 1. The molecule has 4 heterocycles. The van der Waals surface area contributed by atoms with Crippen LogP contribution in [0.2, 0.25) is 0 Å². The van der Waals surface area contributed by atoms with Crippen molar-refractivity contribution in [2.24, 2.45) is 4.99 Å². The topological polar surface area (TPSA) is 178 Å². The van der Waals surface area contributed by atoms with Crippen molar-refractivity contribution in [3.8, 4) is 17.2 Å². The molecule has 294 valence electrons. The van der Waals surface area contributed by atoms with E-state index >= 15 is 4.39 Å². The fraction of sp³-hybridized carbons (Fsp3) is 0.300. The monoisotopic (exact) mass is 840 g/mol. The van der Waals surface area contributed by atoms with Gasteiger partial charge in [0.1, 0.15) is 22.9 Å². The van der Waals surface area contributed by atoms with E-state index in [0.717, 1.165) is 28.9 Å². The van der Waals surface area contributed by atoms with Crippen LogP contribution in [0.3, 0.4) is 0 Å². The quantitative estimate of drug-likeness (QED) is 0.179. The maximum Gasteiger partial charge on any atom is 0.341 e. The van der Waals surface area contributed by atoms with Crippen molar-refractivity contribution in [1.29, 1.82) is 0 Å². The molecule has 1 amide bonds. The van der Waals surface area contributed by atoms with E-state index in [2.05, 4.69) is 35.8 Å². The Labute approximate surface area is 334 Å². The van der Waals surface area contributed by atoms with E-state index in [1.165, 1.54) is 13.3 Å². The lowest BCUT2D eigenvalue weighted by Gasteiger charge is -2.38. The van der Waals surface area contributed by atoms with E-state index in [0.29, 0.717) is 77.9 Å². The maximum absolute atomic E-state index is 15.6. The number of hydrogen-bond donors (Lipinski definition) is 2. The number of carbonyl (C=O) groups excluding carboxylic acids is 1. The van der Waals surface area contributed by atoms with Gasteiger partial charge in [0, 0.05) is 72.0 Å². The summed E-state index contributed by atoms with van der Waals surface area (Å²) in [4.78, 5) is 58.0. The van der Waals surface area contributed by atoms with E-state index in [1.807, 2.05) is 35.2 Å². The number of nitrogens with two attached hydrogens (primary N) is 1. The standard InChI is InChI=1S/C40H38BrFN8O7/c1-55-32-13-21(14-33(56-2)36(32)57-3)12-22-18-44-40(46-37(22)43)45-34-25-15-23(41)4-7-29(25)50(38(34)52)20-47-8-10-48(11-9-47)31-17-30-26(16-28(31)42)35(51)27(39(53)54)19-49(30)24-5-6-24/h4,7,13-19,24H,5-6,8-12,20H2,1-3H3,(H,53,54)(H2,43,44,46)/b45-34+. The van der Waals surface area contributed by atoms with Crippen LogP contribution in [0.25, 0.3) is 10.9 Å². The highest BCUT2D eigenvalue weighted by Crippen LogP contribution is 2.40. The SMILES string of the molecule is COc1cc(Cc2cnc(/N=C3/C(=O)N(CN4CCN(c5cc6c(cc5F)c(=O)c(C(=O)O)cn6C5CC5)CC4)c4ccc(Br)cc43)nc2N)cc(OC)c1OC. The van der Waals surface area contributed by atoms with Gasteiger partial charge in [-0.15, -0.1) is 0 Å². The Morgan fingerprint density at radius 3 is 2.35 bits per heavy atom. The first kappa shape index (κ1) is 37.8. The Bertz CT molecular complexity index is 2530. The molecule has 0 spiro atoms. The summed E-state index contributed by atoms with van der Waals surface area (Å²) < 4.78 is 34.6. The number of rotatable bonds is 11. The smallest absolute Gasteiger partial charge is 0.341 e. The van der Waals surface area contributed by atoms with Gasteiger partial charge in [-0.25, -0.2) is 19.2 Å². The lowest BCUT2D eigenvalue weighted by atomic mass is 10.1. The number of carboxylic acids is 1. The first-order chi connectivity index (χ1) is 27.5. The van der Waals surface area contributed by atoms with Gasteiger partial charge < -0.3 is 34.5 Å². The number of nitrogens with zero attached hydrogens (tertiary/aromatic N) is 7. The van der Waals surface area contributed by atoms with Crippen LogP contribution < -0.4 is 35.2 Å². The van der Waals surface area contributed by atoms with Crippen molar-refractivity contribution < 1.29 is 33.3 Å². The van der Waals surface area contributed by atoms with Crippen LogP contribution in [0.1, 0.15) is 45.9 Å². The number of carbonyl (C=O) groups is 2. The summed E-state index contributed by atoms with van der Waals surface area (Å²) in [6, 6.07) is 12.1. The molecule has 0 radical (unpaired) electrons. The summed E-state index contributed by atoms with van der Waals surface area (Å²) in [7, 11) is 4.62. The van der Waals surface area contributed by atoms with Gasteiger partial charge in [0.05, 0.1) is 44.9 Å². The van der Waals surface area contributed by atoms with Gasteiger partial charge in [0.15, 0.2) is 11.5 Å². The zero-order chi connectivity index (χ0) is 40.1. The number of ether oxygens (including phenoxy) is 3. The van der Waals surface area contributed by atoms with E-state index in [1.54, 1.807) is 35.9 Å². The molecule has 5 aromatic rings. The number of piperazine rings is 1. The van der Waals surface area contributed by atoms with Gasteiger partial charge in [0.25, 0.3) is 11.9 Å². The van der Waals surface area contributed by atoms with Crippen molar-refractivity contribution in [2.75, 3.05) is 69.7 Å². The van der Waals surface area contributed by atoms with Crippen LogP contribution in [0.4, 0.5) is 27.5 Å². The normalized spacial score (nSPS) is 16.4. The number of nitrogen functional groups attached to an aromatic ring is 1. The third kappa shape index (κ3) is 7.12. The molecule has 15 nitrogen and oxygen atoms in total. The molecule has 3 aliphatic rings. The van der Waals surface area contributed by atoms with Crippen molar-refractivity contribution in [2.45, 2.75) is 25.3 Å². The molecule has 0 atom stereocenters. The number of aromatic carboxylic acids is 1. The first-order valence-electron chi connectivity index (χ1n) is 18.2. The Balaban J connectivity index is 0.996. The van der Waals surface area contributed by atoms with Crippen LogP contribution in [-0.4, -0.2) is 96.3 Å². The number of benzene rings is 3. The fourth-order valence-corrected chi connectivity index (χ4v) is 7.79. The number of carboxylic acid groups (broad SMARTS) is 1. The average molecular weight is 842 g/mol. The fourth-order valence-electron chi connectivity index (χ4n) is 7.43. The van der Waals surface area contributed by atoms with Crippen LogP contribution in [0.15, 0.2) is 69.1 Å². The summed E-state index contributed by atoms with van der Waals surface area (Å²) in [5, 5.41) is 9.65. The van der Waals surface area contributed by atoms with Crippen LogP contribution in [0.5, 0.6) is 17.2 Å². The second kappa shape index (κ2) is 15.1. The van der Waals surface area contributed by atoms with Crippen LogP contribution in [-0.2, 0) is 11.2 Å². The zero-order valence-electron chi connectivity index (χ0n) is 31.3. The molecule has 1 aliphatic carbocycles. The van der Waals surface area contributed by atoms with Crippen molar-refractivity contribution >= 4 is 67.6 Å². The minimum absolute atomic E-state index is 0.0367. The molecule has 3 N–H and O–H groups in total. The number of amides is 1. The Morgan fingerprint density at radius 2 is 1.72 bits per heavy atom. The second-order valence-electron chi connectivity index (χ2n) is 14.0. The van der Waals surface area contributed by atoms with E-state index < -0.39 is 17.2 Å². The predicted octanol–water partition coefficient (Wildman–Crippen LogP) is 5.17. The number of aromatic nitrogens is 3. The highest BCUT2D eigenvalue weighted by Gasteiger charge is 2.36. The lowest BCUT2D eigenvalue weighted by molar-refractivity contribution is -0.112. The zero-order valence-corrected chi connectivity index (χ0v) is 32.9. The van der Waals surface area contributed by atoms with Gasteiger partial charge in [-0.1, -0.05) is 15.9 Å². The molecule has 17 heteroatoms. The summed E-state index contributed by atoms with van der Waals surface area (Å²) in [5.41, 5.74) is 9.13. The van der Waals surface area contributed by atoms with Crippen LogP contribution >= 0.6 is 15.9 Å². The number of methoxy groups -OCH3 is 3. The lowest BCUT2D eigenvalue weighted by Crippen LogP contribution is -2.51. The highest BCUT2D eigenvalue weighted by atomic mass is 79.9. The molecular weight excluding hydrogens is 803 g/mol. The van der Waals surface area contributed by atoms with E-state index in [4.69, 9.17) is 19.9 Å². The summed E-state index contributed by atoms with van der Waals surface area (Å²) in [6.07, 6.45) is 5.05. The molecule has 8 rings (SSSR count). The molecule has 1 saturated heterocycles. The molecule has 57 heavy (non-hydrogen) atoms. The minimum atomic E-state index is -1.33. The minimum Gasteiger partial charge on any atom is -0.493 e.